The Labute approximate surface area is 208 Å². The number of nitrogens with zero attached hydrogens (tertiary/aromatic N) is 3. The van der Waals surface area contributed by atoms with Crippen LogP contribution in [0, 0.1) is 0 Å². The zero-order valence-corrected chi connectivity index (χ0v) is 21.0. The average Bonchev–Trinajstić information content (AvgIpc) is 2.97. The molecular formula is C27H26BrClN3O+. The molecule has 1 aliphatic heterocycles. The van der Waals surface area contributed by atoms with Crippen LogP contribution in [0.2, 0.25) is 5.02 Å². The van der Waals surface area contributed by atoms with Crippen LogP contribution < -0.4 is 4.57 Å². The molecule has 0 unspecified atom stereocenters. The van der Waals surface area contributed by atoms with E-state index in [0.29, 0.717) is 6.42 Å². The van der Waals surface area contributed by atoms with Gasteiger partial charge in [-0.3, -0.25) is 9.78 Å². The van der Waals surface area contributed by atoms with Crippen molar-refractivity contribution in [1.82, 2.24) is 9.88 Å². The molecule has 0 spiro atoms. The lowest BCUT2D eigenvalue weighted by Gasteiger charge is -2.30. The number of hydrogen-bond acceptors (Lipinski definition) is 2. The standard InChI is InChI=1S/C27H26BrClN3O/c1-31-10-6-18(7-11-31)14-25(33)32-12-8-19(9-13-32)26-24-5-4-23(29)16-20(24)2-3-21-15-22(28)17-30-27(21)26/h4-7,10-11,15-17H,2-3,8-9,12-14H2,1H3/q+1. The first-order valence-corrected chi connectivity index (χ1v) is 12.5. The predicted molar refractivity (Wildman–Crippen MR) is 134 cm³/mol. The van der Waals surface area contributed by atoms with Gasteiger partial charge in [0.2, 0.25) is 5.91 Å². The number of aromatic nitrogens is 2. The predicted octanol–water partition coefficient (Wildman–Crippen LogP) is 5.09. The number of carbonyl (C=O) groups excluding carboxylic acids is 1. The molecule has 0 bridgehead atoms. The highest BCUT2D eigenvalue weighted by Crippen LogP contribution is 2.39. The number of halogens is 2. The Hall–Kier alpha value is -2.50. The molecule has 1 aromatic carbocycles. The lowest BCUT2D eigenvalue weighted by atomic mass is 9.88. The molecule has 0 atom stereocenters. The Kier molecular flexibility index (Phi) is 6.35. The van der Waals surface area contributed by atoms with E-state index in [4.69, 9.17) is 16.6 Å². The third kappa shape index (κ3) is 4.75. The Morgan fingerprint density at radius 2 is 1.79 bits per heavy atom. The van der Waals surface area contributed by atoms with E-state index in [9.17, 15) is 4.79 Å². The van der Waals surface area contributed by atoms with E-state index in [1.807, 2.05) is 53.3 Å². The number of hydrogen-bond donors (Lipinski definition) is 0. The van der Waals surface area contributed by atoms with Crippen molar-refractivity contribution >= 4 is 39.0 Å². The Bertz CT molecular complexity index is 1190. The summed E-state index contributed by atoms with van der Waals surface area (Å²) in [6.45, 7) is 1.49. The number of aryl methyl sites for hydroxylation is 3. The van der Waals surface area contributed by atoms with Crippen LogP contribution in [-0.4, -0.2) is 28.9 Å². The Morgan fingerprint density at radius 3 is 2.55 bits per heavy atom. The smallest absolute Gasteiger partial charge is 0.227 e. The molecule has 6 heteroatoms. The molecular weight excluding hydrogens is 498 g/mol. The van der Waals surface area contributed by atoms with E-state index in [2.05, 4.69) is 34.1 Å². The van der Waals surface area contributed by atoms with E-state index in [1.54, 1.807) is 0 Å². The molecule has 0 N–H and O–H groups in total. The summed E-state index contributed by atoms with van der Waals surface area (Å²) in [7, 11) is 1.98. The topological polar surface area (TPSA) is 37.1 Å². The van der Waals surface area contributed by atoms with Crippen LogP contribution in [0.3, 0.4) is 0 Å². The van der Waals surface area contributed by atoms with E-state index < -0.39 is 0 Å². The van der Waals surface area contributed by atoms with Crippen LogP contribution in [0.4, 0.5) is 0 Å². The molecule has 0 saturated carbocycles. The second-order valence-electron chi connectivity index (χ2n) is 8.87. The first-order valence-electron chi connectivity index (χ1n) is 11.4. The van der Waals surface area contributed by atoms with E-state index in [-0.39, 0.29) is 5.91 Å². The second-order valence-corrected chi connectivity index (χ2v) is 10.2. The van der Waals surface area contributed by atoms with Gasteiger partial charge in [-0.2, -0.15) is 0 Å². The highest BCUT2D eigenvalue weighted by atomic mass is 79.9. The first-order chi connectivity index (χ1) is 16.0. The van der Waals surface area contributed by atoms with Gasteiger partial charge in [-0.15, -0.1) is 0 Å². The number of piperidine rings is 1. The Morgan fingerprint density at radius 1 is 1.06 bits per heavy atom. The highest BCUT2D eigenvalue weighted by Gasteiger charge is 2.27. The van der Waals surface area contributed by atoms with Gasteiger partial charge in [-0.25, -0.2) is 4.57 Å². The summed E-state index contributed by atoms with van der Waals surface area (Å²) in [5.41, 5.74) is 8.52. The lowest BCUT2D eigenvalue weighted by molar-refractivity contribution is -0.671. The quantitative estimate of drug-likeness (QED) is 0.439. The molecule has 1 saturated heterocycles. The summed E-state index contributed by atoms with van der Waals surface area (Å²) >= 11 is 9.93. The summed E-state index contributed by atoms with van der Waals surface area (Å²) in [5, 5.41) is 0.771. The van der Waals surface area contributed by atoms with Crippen LogP contribution in [0.15, 0.2) is 65.0 Å². The fraction of sp³-hybridized carbons (Fsp3) is 0.296. The first kappa shape index (κ1) is 22.3. The largest absolute Gasteiger partial charge is 0.342 e. The van der Waals surface area contributed by atoms with E-state index >= 15 is 0 Å². The van der Waals surface area contributed by atoms with Crippen LogP contribution in [0.5, 0.6) is 0 Å². The SMILES string of the molecule is C[n+]1ccc(CC(=O)N2CCC(=C3c4ccc(Cl)cc4CCc4cc(Br)cnc43)CC2)cc1. The van der Waals surface area contributed by atoms with Crippen molar-refractivity contribution in [1.29, 1.82) is 0 Å². The zero-order valence-electron chi connectivity index (χ0n) is 18.7. The number of pyridine rings is 2. The molecule has 5 rings (SSSR count). The van der Waals surface area contributed by atoms with Gasteiger partial charge in [-0.1, -0.05) is 23.2 Å². The van der Waals surface area contributed by atoms with Crippen LogP contribution in [-0.2, 0) is 31.1 Å². The number of rotatable bonds is 2. The van der Waals surface area contributed by atoms with Crippen molar-refractivity contribution in [3.8, 4) is 0 Å². The van der Waals surface area contributed by atoms with Crippen molar-refractivity contribution in [2.75, 3.05) is 13.1 Å². The van der Waals surface area contributed by atoms with Crippen molar-refractivity contribution in [2.24, 2.45) is 7.05 Å². The van der Waals surface area contributed by atoms with Gasteiger partial charge in [0.05, 0.1) is 12.1 Å². The Balaban J connectivity index is 1.44. The fourth-order valence-corrected chi connectivity index (χ4v) is 5.45. The monoisotopic (exact) mass is 522 g/mol. The van der Waals surface area contributed by atoms with Gasteiger partial charge < -0.3 is 4.90 Å². The fourth-order valence-electron chi connectivity index (χ4n) is 4.88. The maximum Gasteiger partial charge on any atom is 0.227 e. The van der Waals surface area contributed by atoms with Gasteiger partial charge in [0.25, 0.3) is 0 Å². The third-order valence-electron chi connectivity index (χ3n) is 6.65. The van der Waals surface area contributed by atoms with Crippen molar-refractivity contribution in [2.45, 2.75) is 32.1 Å². The molecule has 2 aromatic heterocycles. The summed E-state index contributed by atoms with van der Waals surface area (Å²) in [5.74, 6) is 0.198. The maximum absolute atomic E-state index is 12.9. The second kappa shape index (κ2) is 9.40. The number of likely N-dealkylation sites (tertiary alicyclic amines) is 1. The lowest BCUT2D eigenvalue weighted by Crippen LogP contribution is -2.37. The number of amides is 1. The molecule has 3 heterocycles. The number of carbonyl (C=O) groups is 1. The molecule has 0 radical (unpaired) electrons. The number of benzene rings is 1. The maximum atomic E-state index is 12.9. The highest BCUT2D eigenvalue weighted by molar-refractivity contribution is 9.10. The van der Waals surface area contributed by atoms with Crippen molar-refractivity contribution in [3.05, 3.63) is 98.0 Å². The van der Waals surface area contributed by atoms with Gasteiger partial charge in [0.15, 0.2) is 12.4 Å². The van der Waals surface area contributed by atoms with Crippen molar-refractivity contribution < 1.29 is 9.36 Å². The summed E-state index contributed by atoms with van der Waals surface area (Å²) in [6, 6.07) is 12.4. The molecule has 3 aromatic rings. The molecule has 1 fully saturated rings. The van der Waals surface area contributed by atoms with Gasteiger partial charge in [0.1, 0.15) is 7.05 Å². The van der Waals surface area contributed by atoms with E-state index in [1.165, 1.54) is 27.8 Å². The molecule has 1 aliphatic carbocycles. The number of fused-ring (bicyclic) bond motifs is 2. The molecule has 4 nitrogen and oxygen atoms in total. The zero-order chi connectivity index (χ0) is 22.9. The van der Waals surface area contributed by atoms with Gasteiger partial charge in [0, 0.05) is 46.5 Å². The molecule has 1 amide bonds. The molecule has 168 valence electrons. The van der Waals surface area contributed by atoms with Gasteiger partial charge in [-0.05, 0) is 82.1 Å². The minimum absolute atomic E-state index is 0.198. The average molecular weight is 524 g/mol. The third-order valence-corrected chi connectivity index (χ3v) is 7.32. The normalized spacial score (nSPS) is 15.7. The van der Waals surface area contributed by atoms with Crippen LogP contribution in [0.25, 0.3) is 5.57 Å². The van der Waals surface area contributed by atoms with Gasteiger partial charge >= 0.3 is 0 Å². The minimum atomic E-state index is 0.198. The van der Waals surface area contributed by atoms with E-state index in [0.717, 1.165) is 59.5 Å². The minimum Gasteiger partial charge on any atom is -0.342 e. The summed E-state index contributed by atoms with van der Waals surface area (Å²) in [6.07, 6.45) is 9.92. The summed E-state index contributed by atoms with van der Waals surface area (Å²) in [4.78, 5) is 19.8. The molecule has 2 aliphatic rings. The molecule has 33 heavy (non-hydrogen) atoms. The summed E-state index contributed by atoms with van der Waals surface area (Å²) < 4.78 is 2.99. The van der Waals surface area contributed by atoms with Crippen molar-refractivity contribution in [3.63, 3.8) is 0 Å². The van der Waals surface area contributed by atoms with Crippen LogP contribution in [0.1, 0.15) is 40.8 Å². The van der Waals surface area contributed by atoms with Crippen LogP contribution >= 0.6 is 27.5 Å².